The van der Waals surface area contributed by atoms with E-state index in [2.05, 4.69) is 15.6 Å². The van der Waals surface area contributed by atoms with Crippen molar-refractivity contribution in [3.05, 3.63) is 18.2 Å². The summed E-state index contributed by atoms with van der Waals surface area (Å²) in [4.78, 5) is 16.2. The Bertz CT molecular complexity index is 405. The molecule has 18 heavy (non-hydrogen) atoms. The maximum Gasteiger partial charge on any atom is 0.227 e. The average molecular weight is 252 g/mol. The number of aromatic nitrogens is 2. The Labute approximate surface area is 107 Å². The summed E-state index contributed by atoms with van der Waals surface area (Å²) in [6, 6.07) is 0.123. The van der Waals surface area contributed by atoms with Gasteiger partial charge in [-0.25, -0.2) is 4.98 Å². The monoisotopic (exact) mass is 252 g/mol. The number of ether oxygens (including phenoxy) is 1. The highest BCUT2D eigenvalue weighted by Crippen LogP contribution is 2.13. The Balaban J connectivity index is 1.76. The molecule has 0 aromatic carbocycles. The molecule has 6 heteroatoms. The predicted octanol–water partition coefficient (Wildman–Crippen LogP) is -0.687. The third-order valence-corrected chi connectivity index (χ3v) is 3.36. The number of imidazole rings is 1. The molecule has 1 aliphatic rings. The third-order valence-electron chi connectivity index (χ3n) is 3.36. The predicted molar refractivity (Wildman–Crippen MR) is 67.1 cm³/mol. The molecule has 0 radical (unpaired) electrons. The minimum absolute atomic E-state index is 0.0565. The SMILES string of the molecule is CNC1COCC1C(=O)NCCc1nccn1C. The topological polar surface area (TPSA) is 68.2 Å². The van der Waals surface area contributed by atoms with E-state index in [9.17, 15) is 4.79 Å². The summed E-state index contributed by atoms with van der Waals surface area (Å²) in [7, 11) is 3.81. The first-order valence-corrected chi connectivity index (χ1v) is 6.21. The number of nitrogens with one attached hydrogen (secondary N) is 2. The first kappa shape index (κ1) is 13.0. The second-order valence-electron chi connectivity index (χ2n) is 4.53. The lowest BCUT2D eigenvalue weighted by molar-refractivity contribution is -0.125. The highest BCUT2D eigenvalue weighted by atomic mass is 16.5. The maximum absolute atomic E-state index is 12.0. The molecule has 1 amide bonds. The van der Waals surface area contributed by atoms with Crippen LogP contribution in [0.25, 0.3) is 0 Å². The van der Waals surface area contributed by atoms with Crippen LogP contribution in [0.1, 0.15) is 5.82 Å². The summed E-state index contributed by atoms with van der Waals surface area (Å²) in [6.07, 6.45) is 4.41. The molecule has 1 saturated heterocycles. The van der Waals surface area contributed by atoms with Gasteiger partial charge in [-0.05, 0) is 7.05 Å². The van der Waals surface area contributed by atoms with Gasteiger partial charge >= 0.3 is 0 Å². The van der Waals surface area contributed by atoms with Crippen LogP contribution in [0.15, 0.2) is 12.4 Å². The fourth-order valence-corrected chi connectivity index (χ4v) is 2.16. The zero-order chi connectivity index (χ0) is 13.0. The number of hydrogen-bond acceptors (Lipinski definition) is 4. The lowest BCUT2D eigenvalue weighted by atomic mass is 10.0. The van der Waals surface area contributed by atoms with Crippen molar-refractivity contribution < 1.29 is 9.53 Å². The van der Waals surface area contributed by atoms with Crippen molar-refractivity contribution in [1.29, 1.82) is 0 Å². The van der Waals surface area contributed by atoms with E-state index >= 15 is 0 Å². The van der Waals surface area contributed by atoms with Crippen molar-refractivity contribution in [3.8, 4) is 0 Å². The molecule has 100 valence electrons. The molecule has 1 aliphatic heterocycles. The van der Waals surface area contributed by atoms with Crippen LogP contribution in [-0.4, -0.2) is 48.3 Å². The second-order valence-corrected chi connectivity index (χ2v) is 4.53. The average Bonchev–Trinajstić information content (AvgIpc) is 2.98. The Hall–Kier alpha value is -1.40. The van der Waals surface area contributed by atoms with Crippen LogP contribution in [0.3, 0.4) is 0 Å². The van der Waals surface area contributed by atoms with Crippen LogP contribution in [0.4, 0.5) is 0 Å². The van der Waals surface area contributed by atoms with Gasteiger partial charge in [0.2, 0.25) is 5.91 Å². The smallest absolute Gasteiger partial charge is 0.227 e. The molecule has 0 bridgehead atoms. The molecule has 0 aliphatic carbocycles. The summed E-state index contributed by atoms with van der Waals surface area (Å²) in [5.74, 6) is 0.945. The van der Waals surface area contributed by atoms with Gasteiger partial charge in [0.15, 0.2) is 0 Å². The number of likely N-dealkylation sites (N-methyl/N-ethyl adjacent to an activating group) is 1. The quantitative estimate of drug-likeness (QED) is 0.728. The van der Waals surface area contributed by atoms with Crippen molar-refractivity contribution in [3.63, 3.8) is 0 Å². The molecule has 1 fully saturated rings. The number of rotatable bonds is 5. The molecular formula is C12H20N4O2. The molecular weight excluding hydrogens is 232 g/mol. The van der Waals surface area contributed by atoms with E-state index in [1.54, 1.807) is 6.20 Å². The van der Waals surface area contributed by atoms with Gasteiger partial charge < -0.3 is 19.9 Å². The number of nitrogens with zero attached hydrogens (tertiary/aromatic N) is 2. The zero-order valence-corrected chi connectivity index (χ0v) is 10.8. The van der Waals surface area contributed by atoms with E-state index in [0.29, 0.717) is 19.8 Å². The van der Waals surface area contributed by atoms with Crippen LogP contribution in [0.5, 0.6) is 0 Å². The fourth-order valence-electron chi connectivity index (χ4n) is 2.16. The summed E-state index contributed by atoms with van der Waals surface area (Å²) in [5.41, 5.74) is 0. The van der Waals surface area contributed by atoms with Gasteiger partial charge in [-0.15, -0.1) is 0 Å². The van der Waals surface area contributed by atoms with Gasteiger partial charge in [0, 0.05) is 38.4 Å². The minimum atomic E-state index is -0.0867. The number of aryl methyl sites for hydroxylation is 1. The molecule has 2 rings (SSSR count). The first-order valence-electron chi connectivity index (χ1n) is 6.21. The molecule has 1 aromatic heterocycles. The molecule has 0 spiro atoms. The molecule has 2 unspecified atom stereocenters. The second kappa shape index (κ2) is 5.97. The van der Waals surface area contributed by atoms with Gasteiger partial charge in [-0.1, -0.05) is 0 Å². The van der Waals surface area contributed by atoms with E-state index in [4.69, 9.17) is 4.74 Å². The molecule has 2 N–H and O–H groups in total. The van der Waals surface area contributed by atoms with Crippen molar-refractivity contribution in [1.82, 2.24) is 20.2 Å². The van der Waals surface area contributed by atoms with Gasteiger partial charge in [-0.3, -0.25) is 4.79 Å². The lowest BCUT2D eigenvalue weighted by Crippen LogP contribution is -2.43. The zero-order valence-electron chi connectivity index (χ0n) is 10.8. The fraction of sp³-hybridized carbons (Fsp3) is 0.667. The van der Waals surface area contributed by atoms with E-state index in [1.165, 1.54) is 0 Å². The number of hydrogen-bond donors (Lipinski definition) is 2. The standard InChI is InChI=1S/C12H20N4O2/c1-13-10-8-18-7-9(10)12(17)15-4-3-11-14-5-6-16(11)2/h5-6,9-10,13H,3-4,7-8H2,1-2H3,(H,15,17). The minimum Gasteiger partial charge on any atom is -0.379 e. The summed E-state index contributed by atoms with van der Waals surface area (Å²) >= 11 is 0. The van der Waals surface area contributed by atoms with Crippen molar-refractivity contribution >= 4 is 5.91 Å². The Morgan fingerprint density at radius 2 is 2.44 bits per heavy atom. The van der Waals surface area contributed by atoms with Crippen molar-refractivity contribution in [2.24, 2.45) is 13.0 Å². The molecule has 6 nitrogen and oxygen atoms in total. The van der Waals surface area contributed by atoms with Crippen LogP contribution in [0.2, 0.25) is 0 Å². The van der Waals surface area contributed by atoms with Gasteiger partial charge in [-0.2, -0.15) is 0 Å². The molecule has 1 aromatic rings. The molecule has 2 heterocycles. The van der Waals surface area contributed by atoms with Gasteiger partial charge in [0.1, 0.15) is 5.82 Å². The van der Waals surface area contributed by atoms with Crippen molar-refractivity contribution in [2.75, 3.05) is 26.8 Å². The maximum atomic E-state index is 12.0. The van der Waals surface area contributed by atoms with Gasteiger partial charge in [0.25, 0.3) is 0 Å². The number of carbonyl (C=O) groups excluding carboxylic acids is 1. The largest absolute Gasteiger partial charge is 0.379 e. The van der Waals surface area contributed by atoms with Crippen LogP contribution in [-0.2, 0) is 23.0 Å². The summed E-state index contributed by atoms with van der Waals surface area (Å²) in [5, 5.41) is 6.05. The van der Waals surface area contributed by atoms with E-state index < -0.39 is 0 Å². The Morgan fingerprint density at radius 1 is 1.61 bits per heavy atom. The number of amides is 1. The van der Waals surface area contributed by atoms with Crippen LogP contribution >= 0.6 is 0 Å². The summed E-state index contributed by atoms with van der Waals surface area (Å²) < 4.78 is 7.27. The molecule has 2 atom stereocenters. The van der Waals surface area contributed by atoms with E-state index in [1.807, 2.05) is 24.9 Å². The number of carbonyl (C=O) groups is 1. The lowest BCUT2D eigenvalue weighted by Gasteiger charge is -2.16. The summed E-state index contributed by atoms with van der Waals surface area (Å²) in [6.45, 7) is 1.71. The first-order chi connectivity index (χ1) is 8.72. The third kappa shape index (κ3) is 2.88. The van der Waals surface area contributed by atoms with E-state index in [-0.39, 0.29) is 17.9 Å². The Kier molecular flexibility index (Phi) is 4.33. The van der Waals surface area contributed by atoms with Crippen LogP contribution < -0.4 is 10.6 Å². The highest BCUT2D eigenvalue weighted by molar-refractivity contribution is 5.79. The normalized spacial score (nSPS) is 23.2. The van der Waals surface area contributed by atoms with Crippen LogP contribution in [0, 0.1) is 5.92 Å². The molecule has 0 saturated carbocycles. The van der Waals surface area contributed by atoms with Crippen molar-refractivity contribution in [2.45, 2.75) is 12.5 Å². The highest BCUT2D eigenvalue weighted by Gasteiger charge is 2.32. The van der Waals surface area contributed by atoms with E-state index in [0.717, 1.165) is 12.2 Å². The van der Waals surface area contributed by atoms with Gasteiger partial charge in [0.05, 0.1) is 19.1 Å². The Morgan fingerprint density at radius 3 is 3.11 bits per heavy atom.